The van der Waals surface area contributed by atoms with Crippen molar-refractivity contribution in [1.29, 1.82) is 0 Å². The van der Waals surface area contributed by atoms with Crippen molar-refractivity contribution in [2.45, 2.75) is 25.9 Å². The molecule has 0 unspecified atom stereocenters. The molecular formula is C19H23F3N4. The molecule has 0 amide bonds. The van der Waals surface area contributed by atoms with Gasteiger partial charge in [-0.05, 0) is 54.7 Å². The van der Waals surface area contributed by atoms with Gasteiger partial charge in [-0.25, -0.2) is 0 Å². The van der Waals surface area contributed by atoms with Crippen molar-refractivity contribution in [2.24, 2.45) is 4.99 Å². The molecule has 0 aliphatic carbocycles. The zero-order valence-electron chi connectivity index (χ0n) is 14.9. The average molecular weight is 364 g/mol. The van der Waals surface area contributed by atoms with E-state index in [1.54, 1.807) is 13.2 Å². The number of hydrogen-bond donors (Lipinski definition) is 2. The van der Waals surface area contributed by atoms with Crippen LogP contribution in [0.25, 0.3) is 0 Å². The van der Waals surface area contributed by atoms with E-state index < -0.39 is 11.7 Å². The predicted octanol–water partition coefficient (Wildman–Crippen LogP) is 3.36. The number of benzene rings is 1. The number of aryl methyl sites for hydroxylation is 1. The molecule has 0 saturated carbocycles. The van der Waals surface area contributed by atoms with Gasteiger partial charge in [0.1, 0.15) is 0 Å². The van der Waals surface area contributed by atoms with E-state index in [0.717, 1.165) is 36.2 Å². The lowest BCUT2D eigenvalue weighted by atomic mass is 10.1. The molecule has 0 aliphatic rings. The van der Waals surface area contributed by atoms with Crippen LogP contribution in [0, 0.1) is 6.92 Å². The number of pyridine rings is 1. The molecule has 0 radical (unpaired) electrons. The highest BCUT2D eigenvalue weighted by atomic mass is 19.4. The van der Waals surface area contributed by atoms with Crippen LogP contribution in [0.5, 0.6) is 0 Å². The molecule has 0 spiro atoms. The van der Waals surface area contributed by atoms with Gasteiger partial charge in [-0.2, -0.15) is 13.2 Å². The van der Waals surface area contributed by atoms with Crippen LogP contribution in [0.2, 0.25) is 0 Å². The minimum atomic E-state index is -4.30. The number of halogens is 3. The molecule has 2 aromatic rings. The fourth-order valence-electron chi connectivity index (χ4n) is 2.50. The summed E-state index contributed by atoms with van der Waals surface area (Å²) in [6.07, 6.45) is 0.790. The van der Waals surface area contributed by atoms with Crippen LogP contribution >= 0.6 is 0 Å². The first-order valence-electron chi connectivity index (χ1n) is 8.40. The number of nitrogens with zero attached hydrogens (tertiary/aromatic N) is 2. The van der Waals surface area contributed by atoms with Gasteiger partial charge < -0.3 is 10.6 Å². The summed E-state index contributed by atoms with van der Waals surface area (Å²) in [7, 11) is 1.69. The molecule has 0 aliphatic heterocycles. The molecular weight excluding hydrogens is 341 g/mol. The fraction of sp³-hybridized carbons (Fsp3) is 0.368. The zero-order valence-corrected chi connectivity index (χ0v) is 14.9. The smallest absolute Gasteiger partial charge is 0.356 e. The molecule has 4 nitrogen and oxygen atoms in total. The highest BCUT2D eigenvalue weighted by Gasteiger charge is 2.29. The molecule has 1 aromatic carbocycles. The minimum Gasteiger partial charge on any atom is -0.356 e. The Bertz CT molecular complexity index is 724. The Labute approximate surface area is 151 Å². The normalized spacial score (nSPS) is 12.1. The van der Waals surface area contributed by atoms with Crippen LogP contribution in [-0.2, 0) is 19.0 Å². The SMILES string of the molecule is CN=C(NCCc1ccc(C(F)(F)F)cc1)NCCc1ccncc1C. The summed E-state index contributed by atoms with van der Waals surface area (Å²) in [6.45, 7) is 3.34. The van der Waals surface area contributed by atoms with Gasteiger partial charge in [0.25, 0.3) is 0 Å². The highest BCUT2D eigenvalue weighted by Crippen LogP contribution is 2.29. The van der Waals surface area contributed by atoms with Gasteiger partial charge in [0.15, 0.2) is 5.96 Å². The van der Waals surface area contributed by atoms with E-state index >= 15 is 0 Å². The maximum atomic E-state index is 12.5. The van der Waals surface area contributed by atoms with Crippen molar-refractivity contribution in [1.82, 2.24) is 15.6 Å². The van der Waals surface area contributed by atoms with E-state index in [4.69, 9.17) is 0 Å². The van der Waals surface area contributed by atoms with Gasteiger partial charge in [0.2, 0.25) is 0 Å². The largest absolute Gasteiger partial charge is 0.416 e. The minimum absolute atomic E-state index is 0.583. The molecule has 0 saturated heterocycles. The highest BCUT2D eigenvalue weighted by molar-refractivity contribution is 5.79. The molecule has 7 heteroatoms. The lowest BCUT2D eigenvalue weighted by Crippen LogP contribution is -2.39. The first kappa shape index (κ1) is 19.8. The quantitative estimate of drug-likeness (QED) is 0.610. The third-order valence-electron chi connectivity index (χ3n) is 4.03. The lowest BCUT2D eigenvalue weighted by Gasteiger charge is -2.13. The summed E-state index contributed by atoms with van der Waals surface area (Å²) < 4.78 is 37.6. The van der Waals surface area contributed by atoms with Crippen molar-refractivity contribution in [3.63, 3.8) is 0 Å². The number of nitrogens with one attached hydrogen (secondary N) is 2. The van der Waals surface area contributed by atoms with Crippen molar-refractivity contribution < 1.29 is 13.2 Å². The Morgan fingerprint density at radius 2 is 1.69 bits per heavy atom. The van der Waals surface area contributed by atoms with Crippen LogP contribution in [-0.4, -0.2) is 31.1 Å². The third kappa shape index (κ3) is 6.06. The second-order valence-corrected chi connectivity index (χ2v) is 5.92. The standard InChI is InChI=1S/C19H23F3N4/c1-14-13-24-10-8-16(14)9-12-26-18(23-2)25-11-7-15-3-5-17(6-4-15)19(20,21)22/h3-6,8,10,13H,7,9,11-12H2,1-2H3,(H2,23,25,26). The predicted molar refractivity (Wildman–Crippen MR) is 97.2 cm³/mol. The first-order valence-corrected chi connectivity index (χ1v) is 8.40. The summed E-state index contributed by atoms with van der Waals surface area (Å²) >= 11 is 0. The number of guanidine groups is 1. The van der Waals surface area contributed by atoms with Gasteiger partial charge in [-0.15, -0.1) is 0 Å². The number of alkyl halides is 3. The van der Waals surface area contributed by atoms with E-state index in [1.807, 2.05) is 19.2 Å². The fourth-order valence-corrected chi connectivity index (χ4v) is 2.50. The van der Waals surface area contributed by atoms with E-state index in [0.29, 0.717) is 18.9 Å². The molecule has 2 rings (SSSR count). The maximum absolute atomic E-state index is 12.5. The number of aromatic nitrogens is 1. The number of aliphatic imine (C=N–C) groups is 1. The van der Waals surface area contributed by atoms with Gasteiger partial charge in [-0.3, -0.25) is 9.98 Å². The maximum Gasteiger partial charge on any atom is 0.416 e. The monoisotopic (exact) mass is 364 g/mol. The number of rotatable bonds is 6. The summed E-state index contributed by atoms with van der Waals surface area (Å²) in [4.78, 5) is 8.23. The summed E-state index contributed by atoms with van der Waals surface area (Å²) in [5.41, 5.74) is 2.60. The van der Waals surface area contributed by atoms with E-state index in [2.05, 4.69) is 20.6 Å². The van der Waals surface area contributed by atoms with E-state index in [9.17, 15) is 13.2 Å². The van der Waals surface area contributed by atoms with Crippen molar-refractivity contribution in [3.8, 4) is 0 Å². The summed E-state index contributed by atoms with van der Waals surface area (Å²) in [5, 5.41) is 6.40. The molecule has 0 bridgehead atoms. The first-order chi connectivity index (χ1) is 12.4. The molecule has 0 fully saturated rings. The van der Waals surface area contributed by atoms with Crippen LogP contribution in [0.15, 0.2) is 47.7 Å². The van der Waals surface area contributed by atoms with Gasteiger partial charge in [0, 0.05) is 32.5 Å². The Morgan fingerprint density at radius 1 is 1.04 bits per heavy atom. The molecule has 2 N–H and O–H groups in total. The number of hydrogen-bond acceptors (Lipinski definition) is 2. The molecule has 0 atom stereocenters. The van der Waals surface area contributed by atoms with Crippen LogP contribution in [0.1, 0.15) is 22.3 Å². The summed E-state index contributed by atoms with van der Waals surface area (Å²) in [6, 6.07) is 7.23. The molecule has 1 heterocycles. The molecule has 140 valence electrons. The van der Waals surface area contributed by atoms with Gasteiger partial charge in [-0.1, -0.05) is 12.1 Å². The lowest BCUT2D eigenvalue weighted by molar-refractivity contribution is -0.137. The Morgan fingerprint density at radius 3 is 2.27 bits per heavy atom. The Hall–Kier alpha value is -2.57. The second-order valence-electron chi connectivity index (χ2n) is 5.92. The van der Waals surface area contributed by atoms with Crippen molar-refractivity contribution in [2.75, 3.05) is 20.1 Å². The third-order valence-corrected chi connectivity index (χ3v) is 4.03. The van der Waals surface area contributed by atoms with Crippen LogP contribution in [0.4, 0.5) is 13.2 Å². The van der Waals surface area contributed by atoms with Gasteiger partial charge >= 0.3 is 6.18 Å². The summed E-state index contributed by atoms with van der Waals surface area (Å²) in [5.74, 6) is 0.670. The Balaban J connectivity index is 1.74. The zero-order chi connectivity index (χ0) is 19.0. The van der Waals surface area contributed by atoms with Gasteiger partial charge in [0.05, 0.1) is 5.56 Å². The average Bonchev–Trinajstić information content (AvgIpc) is 2.61. The van der Waals surface area contributed by atoms with Crippen LogP contribution < -0.4 is 10.6 Å². The molecule has 26 heavy (non-hydrogen) atoms. The Kier molecular flexibility index (Phi) is 7.00. The van der Waals surface area contributed by atoms with E-state index in [-0.39, 0.29) is 0 Å². The topological polar surface area (TPSA) is 49.3 Å². The van der Waals surface area contributed by atoms with Crippen molar-refractivity contribution >= 4 is 5.96 Å². The van der Waals surface area contributed by atoms with E-state index in [1.165, 1.54) is 17.7 Å². The van der Waals surface area contributed by atoms with Crippen LogP contribution in [0.3, 0.4) is 0 Å². The second kappa shape index (κ2) is 9.22. The van der Waals surface area contributed by atoms with Crippen molar-refractivity contribution in [3.05, 3.63) is 65.0 Å². The molecule has 1 aromatic heterocycles.